The first-order valence-corrected chi connectivity index (χ1v) is 2.96. The van der Waals surface area contributed by atoms with Crippen molar-refractivity contribution in [2.24, 2.45) is 0 Å². The Balaban J connectivity index is 2.92. The molecule has 0 fully saturated rings. The molecule has 3 heteroatoms. The molecule has 0 aliphatic carbocycles. The molecule has 0 spiro atoms. The van der Waals surface area contributed by atoms with Crippen LogP contribution in [0.25, 0.3) is 0 Å². The van der Waals surface area contributed by atoms with Crippen LogP contribution in [0.4, 0.5) is 0 Å². The van der Waals surface area contributed by atoms with Crippen LogP contribution in [0.1, 0.15) is 12.7 Å². The van der Waals surface area contributed by atoms with Crippen molar-refractivity contribution in [1.29, 1.82) is 0 Å². The van der Waals surface area contributed by atoms with Crippen molar-refractivity contribution in [3.63, 3.8) is 0 Å². The van der Waals surface area contributed by atoms with Crippen LogP contribution in [0, 0.1) is 0 Å². The van der Waals surface area contributed by atoms with Gasteiger partial charge >= 0.3 is 0 Å². The molecule has 0 aliphatic heterocycles. The number of aromatic nitrogens is 2. The summed E-state index contributed by atoms with van der Waals surface area (Å²) in [6.07, 6.45) is 4.50. The van der Waals surface area contributed by atoms with E-state index in [0.29, 0.717) is 0 Å². The minimum Gasteiger partial charge on any atom is -0.280 e. The first-order valence-electron chi connectivity index (χ1n) is 2.56. The predicted molar refractivity (Wildman–Crippen MR) is 36.0 cm³/mol. The molecule has 0 saturated heterocycles. The molecule has 1 heterocycles. The lowest BCUT2D eigenvalue weighted by molar-refractivity contribution is 0.963. The third kappa shape index (κ3) is 0.865. The van der Waals surface area contributed by atoms with Gasteiger partial charge in [-0.25, -0.2) is 4.98 Å². The summed E-state index contributed by atoms with van der Waals surface area (Å²) in [4.78, 5) is 4.02. The molecule has 8 heavy (non-hydrogen) atoms. The lowest BCUT2D eigenvalue weighted by atomic mass is 10.5. The van der Waals surface area contributed by atoms with Crippen LogP contribution >= 0.6 is 12.8 Å². The van der Waals surface area contributed by atoms with E-state index in [0.717, 1.165) is 12.2 Å². The lowest BCUT2D eigenvalue weighted by Crippen LogP contribution is -1.87. The number of nitrogens with zero attached hydrogens (tertiary/aromatic N) is 2. The maximum Gasteiger partial charge on any atom is 0.118 e. The molecule has 0 unspecified atom stereocenters. The Labute approximate surface area is 54.1 Å². The van der Waals surface area contributed by atoms with Gasteiger partial charge in [0.1, 0.15) is 5.82 Å². The number of rotatable bonds is 1. The summed E-state index contributed by atoms with van der Waals surface area (Å²) >= 11 is 4.08. The molecule has 0 saturated carbocycles. The van der Waals surface area contributed by atoms with Crippen LogP contribution in [0.5, 0.6) is 0 Å². The highest BCUT2D eigenvalue weighted by Gasteiger charge is 1.91. The Morgan fingerprint density at radius 2 is 2.62 bits per heavy atom. The van der Waals surface area contributed by atoms with Gasteiger partial charge in [0.2, 0.25) is 0 Å². The van der Waals surface area contributed by atoms with Gasteiger partial charge in [0, 0.05) is 18.8 Å². The van der Waals surface area contributed by atoms with Gasteiger partial charge in [-0.3, -0.25) is 3.97 Å². The standard InChI is InChI=1S/C5H8N2S/c1-2-5-6-3-4-7(5)8/h3-4,8H,2H2,1H3. The summed E-state index contributed by atoms with van der Waals surface area (Å²) in [6, 6.07) is 0. The average Bonchev–Trinajstić information content (AvgIpc) is 2.14. The first-order chi connectivity index (χ1) is 3.84. The lowest BCUT2D eigenvalue weighted by Gasteiger charge is -1.91. The maximum atomic E-state index is 4.08. The third-order valence-electron chi connectivity index (χ3n) is 1.01. The SMILES string of the molecule is CCc1nccn1S. The van der Waals surface area contributed by atoms with Crippen molar-refractivity contribution in [2.45, 2.75) is 13.3 Å². The van der Waals surface area contributed by atoms with Gasteiger partial charge < -0.3 is 0 Å². The van der Waals surface area contributed by atoms with E-state index in [4.69, 9.17) is 0 Å². The highest BCUT2D eigenvalue weighted by atomic mass is 32.1. The van der Waals surface area contributed by atoms with Gasteiger partial charge in [-0.05, 0) is 0 Å². The second-order valence-electron chi connectivity index (χ2n) is 1.54. The Morgan fingerprint density at radius 3 is 2.88 bits per heavy atom. The maximum absolute atomic E-state index is 4.08. The summed E-state index contributed by atoms with van der Waals surface area (Å²) in [5.74, 6) is 1.01. The minimum absolute atomic E-state index is 0.941. The smallest absolute Gasteiger partial charge is 0.118 e. The quantitative estimate of drug-likeness (QED) is 0.561. The fourth-order valence-corrected chi connectivity index (χ4v) is 0.834. The average molecular weight is 128 g/mol. The second kappa shape index (κ2) is 2.22. The van der Waals surface area contributed by atoms with Crippen LogP contribution in [-0.4, -0.2) is 8.96 Å². The molecule has 0 N–H and O–H groups in total. The largest absolute Gasteiger partial charge is 0.280 e. The predicted octanol–water partition coefficient (Wildman–Crippen LogP) is 1.14. The molecular formula is C5H8N2S. The van der Waals surface area contributed by atoms with Gasteiger partial charge in [0.15, 0.2) is 0 Å². The number of thiol groups is 1. The van der Waals surface area contributed by atoms with E-state index in [9.17, 15) is 0 Å². The molecule has 0 atom stereocenters. The van der Waals surface area contributed by atoms with E-state index in [2.05, 4.69) is 24.7 Å². The normalized spacial score (nSPS) is 9.75. The summed E-state index contributed by atoms with van der Waals surface area (Å²) in [6.45, 7) is 2.05. The molecule has 0 bridgehead atoms. The van der Waals surface area contributed by atoms with Crippen molar-refractivity contribution < 1.29 is 0 Å². The van der Waals surface area contributed by atoms with Crippen LogP contribution < -0.4 is 0 Å². The van der Waals surface area contributed by atoms with Crippen molar-refractivity contribution in [1.82, 2.24) is 8.96 Å². The number of imidazole rings is 1. The molecular weight excluding hydrogens is 120 g/mol. The first kappa shape index (κ1) is 5.69. The Hall–Kier alpha value is -0.440. The molecule has 2 nitrogen and oxygen atoms in total. The Morgan fingerprint density at radius 1 is 1.88 bits per heavy atom. The zero-order chi connectivity index (χ0) is 5.98. The summed E-state index contributed by atoms with van der Waals surface area (Å²) in [5.41, 5.74) is 0. The molecule has 1 rings (SSSR count). The highest BCUT2D eigenvalue weighted by molar-refractivity contribution is 7.78. The van der Waals surface area contributed by atoms with Crippen LogP contribution in [0.3, 0.4) is 0 Å². The minimum atomic E-state index is 0.941. The number of hydrogen-bond acceptors (Lipinski definition) is 2. The van der Waals surface area contributed by atoms with Crippen molar-refractivity contribution in [3.8, 4) is 0 Å². The Bertz CT molecular complexity index is 171. The topological polar surface area (TPSA) is 17.8 Å². The molecule has 0 amide bonds. The molecule has 1 aromatic heterocycles. The van der Waals surface area contributed by atoms with Gasteiger partial charge in [-0.15, -0.1) is 0 Å². The van der Waals surface area contributed by atoms with Gasteiger partial charge in [0.25, 0.3) is 0 Å². The van der Waals surface area contributed by atoms with E-state index in [1.165, 1.54) is 0 Å². The summed E-state index contributed by atoms with van der Waals surface area (Å²) < 4.78 is 1.72. The van der Waals surface area contributed by atoms with Crippen LogP contribution in [0.2, 0.25) is 0 Å². The molecule has 44 valence electrons. The van der Waals surface area contributed by atoms with Crippen molar-refractivity contribution >= 4 is 12.8 Å². The van der Waals surface area contributed by atoms with Gasteiger partial charge in [-0.1, -0.05) is 19.7 Å². The molecule has 0 aliphatic rings. The van der Waals surface area contributed by atoms with Gasteiger partial charge in [-0.2, -0.15) is 0 Å². The van der Waals surface area contributed by atoms with Gasteiger partial charge in [0.05, 0.1) is 0 Å². The second-order valence-corrected chi connectivity index (χ2v) is 1.97. The summed E-state index contributed by atoms with van der Waals surface area (Å²) in [7, 11) is 0. The zero-order valence-corrected chi connectivity index (χ0v) is 5.60. The fraction of sp³-hybridized carbons (Fsp3) is 0.400. The monoisotopic (exact) mass is 128 g/mol. The van der Waals surface area contributed by atoms with Crippen molar-refractivity contribution in [2.75, 3.05) is 0 Å². The number of aryl methyl sites for hydroxylation is 1. The van der Waals surface area contributed by atoms with E-state index in [1.54, 1.807) is 10.2 Å². The van der Waals surface area contributed by atoms with E-state index in [-0.39, 0.29) is 0 Å². The van der Waals surface area contributed by atoms with E-state index >= 15 is 0 Å². The molecule has 0 aromatic carbocycles. The number of hydrogen-bond donors (Lipinski definition) is 1. The zero-order valence-electron chi connectivity index (χ0n) is 4.70. The fourth-order valence-electron chi connectivity index (χ4n) is 0.581. The molecule has 0 radical (unpaired) electrons. The van der Waals surface area contributed by atoms with Crippen molar-refractivity contribution in [3.05, 3.63) is 18.2 Å². The summed E-state index contributed by atoms with van der Waals surface area (Å²) in [5, 5.41) is 0. The Kier molecular flexibility index (Phi) is 1.58. The van der Waals surface area contributed by atoms with Crippen LogP contribution in [0.15, 0.2) is 12.4 Å². The van der Waals surface area contributed by atoms with Crippen LogP contribution in [-0.2, 0) is 6.42 Å². The highest BCUT2D eigenvalue weighted by Crippen LogP contribution is 1.97. The third-order valence-corrected chi connectivity index (χ3v) is 1.38. The van der Waals surface area contributed by atoms with E-state index < -0.39 is 0 Å². The van der Waals surface area contributed by atoms with E-state index in [1.807, 2.05) is 6.20 Å². The molecule has 1 aromatic rings.